The van der Waals surface area contributed by atoms with Gasteiger partial charge in [-0.3, -0.25) is 9.59 Å². The lowest BCUT2D eigenvalue weighted by Gasteiger charge is -2.19. The number of carbonyl (C=O) groups excluding carboxylic acids is 3. The highest BCUT2D eigenvalue weighted by molar-refractivity contribution is 9.10. The fourth-order valence-corrected chi connectivity index (χ4v) is 4.80. The number of halogens is 1. The van der Waals surface area contributed by atoms with Crippen LogP contribution in [0.2, 0.25) is 0 Å². The van der Waals surface area contributed by atoms with Gasteiger partial charge in [-0.15, -0.1) is 0 Å². The Balaban J connectivity index is 1.66. The minimum atomic E-state index is -0.705. The molecular formula is C31H33BrN2O5. The standard InChI is InChI=1S/C31H33BrN2O5/c1-4-38-30(36)19-28(34-31(37)39-20-23-10-6-5-7-11-23)24-12-8-13-26(18-24)33-29(35)15-9-14-27-21(2)16-25(32)17-22(27)3/h5-13,15-18,28H,4,14,19-20H2,1-3H3,(H,33,35)(H,34,37)/t28-/m1/s1. The zero-order valence-corrected chi connectivity index (χ0v) is 23.9. The molecular weight excluding hydrogens is 560 g/mol. The summed E-state index contributed by atoms with van der Waals surface area (Å²) in [5, 5.41) is 5.60. The number of hydrogen-bond donors (Lipinski definition) is 2. The third kappa shape index (κ3) is 9.72. The molecule has 8 heteroatoms. The Hall–Kier alpha value is -3.91. The van der Waals surface area contributed by atoms with Gasteiger partial charge in [0.1, 0.15) is 6.61 Å². The Kier molecular flexibility index (Phi) is 11.3. The Morgan fingerprint density at radius 3 is 2.36 bits per heavy atom. The number of rotatable bonds is 11. The summed E-state index contributed by atoms with van der Waals surface area (Å²) in [5.41, 5.74) is 5.49. The molecule has 3 rings (SSSR count). The van der Waals surface area contributed by atoms with Crippen molar-refractivity contribution in [2.75, 3.05) is 11.9 Å². The number of aryl methyl sites for hydroxylation is 2. The Labute approximate surface area is 237 Å². The van der Waals surface area contributed by atoms with Gasteiger partial charge in [0, 0.05) is 10.2 Å². The molecule has 0 unspecified atom stereocenters. The van der Waals surface area contributed by atoms with E-state index in [1.165, 1.54) is 11.6 Å². The van der Waals surface area contributed by atoms with Gasteiger partial charge in [0.15, 0.2) is 0 Å². The summed E-state index contributed by atoms with van der Waals surface area (Å²) in [7, 11) is 0. The number of hydrogen-bond acceptors (Lipinski definition) is 5. The number of carbonyl (C=O) groups is 3. The minimum Gasteiger partial charge on any atom is -0.466 e. The fraction of sp³-hybridized carbons (Fsp3) is 0.258. The molecule has 0 radical (unpaired) electrons. The van der Waals surface area contributed by atoms with Gasteiger partial charge < -0.3 is 20.1 Å². The van der Waals surface area contributed by atoms with Crippen molar-refractivity contribution in [1.82, 2.24) is 5.32 Å². The van der Waals surface area contributed by atoms with Gasteiger partial charge in [-0.05, 0) is 85.4 Å². The van der Waals surface area contributed by atoms with Crippen LogP contribution < -0.4 is 10.6 Å². The molecule has 0 aliphatic rings. The largest absolute Gasteiger partial charge is 0.466 e. The third-order valence-corrected chi connectivity index (χ3v) is 6.45. The first-order chi connectivity index (χ1) is 18.7. The van der Waals surface area contributed by atoms with Crippen LogP contribution >= 0.6 is 15.9 Å². The molecule has 0 spiro atoms. The van der Waals surface area contributed by atoms with Gasteiger partial charge >= 0.3 is 12.1 Å². The van der Waals surface area contributed by atoms with Crippen molar-refractivity contribution in [3.63, 3.8) is 0 Å². The zero-order valence-electron chi connectivity index (χ0n) is 22.3. The van der Waals surface area contributed by atoms with Gasteiger partial charge in [0.05, 0.1) is 19.1 Å². The monoisotopic (exact) mass is 592 g/mol. The fourth-order valence-electron chi connectivity index (χ4n) is 4.11. The molecule has 0 heterocycles. The first-order valence-electron chi connectivity index (χ1n) is 12.7. The van der Waals surface area contributed by atoms with Crippen molar-refractivity contribution in [2.45, 2.75) is 46.3 Å². The number of ether oxygens (including phenoxy) is 2. The van der Waals surface area contributed by atoms with Crippen molar-refractivity contribution in [1.29, 1.82) is 0 Å². The molecule has 3 aromatic carbocycles. The average Bonchev–Trinajstić information content (AvgIpc) is 2.89. The lowest BCUT2D eigenvalue weighted by molar-refractivity contribution is -0.143. The van der Waals surface area contributed by atoms with Crippen LogP contribution in [0.15, 0.2) is 83.4 Å². The molecule has 0 bridgehead atoms. The van der Waals surface area contributed by atoms with Gasteiger partial charge in [0.25, 0.3) is 0 Å². The van der Waals surface area contributed by atoms with E-state index >= 15 is 0 Å². The second-order valence-corrected chi connectivity index (χ2v) is 9.92. The summed E-state index contributed by atoms with van der Waals surface area (Å²) in [4.78, 5) is 37.4. The molecule has 2 amide bonds. The van der Waals surface area contributed by atoms with Crippen LogP contribution in [-0.4, -0.2) is 24.6 Å². The molecule has 204 valence electrons. The lowest BCUT2D eigenvalue weighted by atomic mass is 10.00. The molecule has 7 nitrogen and oxygen atoms in total. The first kappa shape index (κ1) is 29.6. The third-order valence-electron chi connectivity index (χ3n) is 5.99. The van der Waals surface area contributed by atoms with Crippen LogP contribution in [0, 0.1) is 13.8 Å². The Bertz CT molecular complexity index is 1300. The van der Waals surface area contributed by atoms with Crippen LogP contribution in [0.25, 0.3) is 0 Å². The van der Waals surface area contributed by atoms with Gasteiger partial charge in [-0.2, -0.15) is 0 Å². The smallest absolute Gasteiger partial charge is 0.407 e. The number of nitrogens with one attached hydrogen (secondary N) is 2. The molecule has 0 aromatic heterocycles. The summed E-state index contributed by atoms with van der Waals surface area (Å²) in [5.74, 6) is -0.737. The van der Waals surface area contributed by atoms with Crippen molar-refractivity contribution >= 4 is 39.6 Å². The highest BCUT2D eigenvalue weighted by Crippen LogP contribution is 2.23. The summed E-state index contributed by atoms with van der Waals surface area (Å²) in [6, 6.07) is 19.7. The molecule has 0 saturated carbocycles. The molecule has 0 saturated heterocycles. The van der Waals surface area contributed by atoms with Crippen LogP contribution in [-0.2, 0) is 32.1 Å². The van der Waals surface area contributed by atoms with Gasteiger partial charge in [-0.25, -0.2) is 4.79 Å². The van der Waals surface area contributed by atoms with E-state index in [2.05, 4.69) is 38.7 Å². The number of benzene rings is 3. The molecule has 39 heavy (non-hydrogen) atoms. The highest BCUT2D eigenvalue weighted by atomic mass is 79.9. The minimum absolute atomic E-state index is 0.0858. The van der Waals surface area contributed by atoms with Crippen molar-refractivity contribution < 1.29 is 23.9 Å². The second kappa shape index (κ2) is 14.9. The van der Waals surface area contributed by atoms with E-state index < -0.39 is 18.1 Å². The summed E-state index contributed by atoms with van der Waals surface area (Å²) >= 11 is 3.50. The highest BCUT2D eigenvalue weighted by Gasteiger charge is 2.21. The molecule has 0 aliphatic carbocycles. The van der Waals surface area contributed by atoms with E-state index in [4.69, 9.17) is 9.47 Å². The maximum absolute atomic E-state index is 12.6. The maximum Gasteiger partial charge on any atom is 0.407 e. The molecule has 0 fully saturated rings. The predicted molar refractivity (Wildman–Crippen MR) is 155 cm³/mol. The topological polar surface area (TPSA) is 93.7 Å². The second-order valence-electron chi connectivity index (χ2n) is 9.01. The van der Waals surface area contributed by atoms with Gasteiger partial charge in [-0.1, -0.05) is 64.5 Å². The number of allylic oxidation sites excluding steroid dienone is 1. The van der Waals surface area contributed by atoms with E-state index in [1.54, 1.807) is 31.2 Å². The Morgan fingerprint density at radius 1 is 0.949 bits per heavy atom. The van der Waals surface area contributed by atoms with E-state index in [0.717, 1.165) is 21.2 Å². The van der Waals surface area contributed by atoms with Crippen molar-refractivity contribution in [3.8, 4) is 0 Å². The van der Waals surface area contributed by atoms with Crippen LogP contribution in [0.4, 0.5) is 10.5 Å². The molecule has 3 aromatic rings. The number of amides is 2. The number of anilines is 1. The number of alkyl carbamates (subject to hydrolysis) is 1. The van der Waals surface area contributed by atoms with E-state index in [9.17, 15) is 14.4 Å². The van der Waals surface area contributed by atoms with Crippen molar-refractivity contribution in [2.24, 2.45) is 0 Å². The first-order valence-corrected chi connectivity index (χ1v) is 13.5. The van der Waals surface area contributed by atoms with Crippen LogP contribution in [0.1, 0.15) is 47.2 Å². The van der Waals surface area contributed by atoms with Crippen molar-refractivity contribution in [3.05, 3.63) is 111 Å². The van der Waals surface area contributed by atoms with E-state index in [-0.39, 0.29) is 25.5 Å². The summed E-state index contributed by atoms with van der Waals surface area (Å²) in [6.45, 7) is 6.14. The van der Waals surface area contributed by atoms with E-state index in [0.29, 0.717) is 17.7 Å². The predicted octanol–water partition coefficient (Wildman–Crippen LogP) is 6.72. The quantitative estimate of drug-likeness (QED) is 0.190. The molecule has 2 N–H and O–H groups in total. The molecule has 1 atom stereocenters. The number of esters is 1. The van der Waals surface area contributed by atoms with Gasteiger partial charge in [0.2, 0.25) is 5.91 Å². The zero-order chi connectivity index (χ0) is 28.2. The maximum atomic E-state index is 12.6. The SMILES string of the molecule is CCOC(=O)C[C@@H](NC(=O)OCc1ccccc1)c1cccc(NC(=O)C=CCc2c(C)cc(Br)cc2C)c1. The Morgan fingerprint density at radius 2 is 1.67 bits per heavy atom. The lowest BCUT2D eigenvalue weighted by Crippen LogP contribution is -2.31. The summed E-state index contributed by atoms with van der Waals surface area (Å²) < 4.78 is 11.5. The van der Waals surface area contributed by atoms with E-state index in [1.807, 2.05) is 50.3 Å². The summed E-state index contributed by atoms with van der Waals surface area (Å²) in [6.07, 6.45) is 3.22. The molecule has 0 aliphatic heterocycles. The van der Waals surface area contributed by atoms with Crippen LogP contribution in [0.3, 0.4) is 0 Å². The average molecular weight is 594 g/mol. The normalized spacial score (nSPS) is 11.6. The van der Waals surface area contributed by atoms with Crippen LogP contribution in [0.5, 0.6) is 0 Å².